The van der Waals surface area contributed by atoms with E-state index in [1.54, 1.807) is 31.0 Å². The molecule has 1 amide bonds. The van der Waals surface area contributed by atoms with Gasteiger partial charge in [0.05, 0.1) is 7.11 Å². The number of hydrogen-bond acceptors (Lipinski definition) is 6. The number of amides is 1. The number of hydrogen-bond donors (Lipinski definition) is 1. The summed E-state index contributed by atoms with van der Waals surface area (Å²) in [5.74, 6) is 0.616. The fourth-order valence-electron chi connectivity index (χ4n) is 2.80. The number of methoxy groups -OCH3 is 1. The first kappa shape index (κ1) is 20.4. The molecule has 0 bridgehead atoms. The normalized spacial score (nSPS) is 21.8. The lowest BCUT2D eigenvalue weighted by molar-refractivity contribution is -0.151. The molecule has 2 aliphatic rings. The summed E-state index contributed by atoms with van der Waals surface area (Å²) in [6.45, 7) is 2.00. The first-order chi connectivity index (χ1) is 12.1. The Kier molecular flexibility index (Phi) is 6.75. The number of thioether (sulfide) groups is 1. The van der Waals surface area contributed by atoms with Crippen molar-refractivity contribution in [2.75, 3.05) is 12.9 Å². The zero-order chi connectivity index (χ0) is 18.0. The van der Waals surface area contributed by atoms with E-state index in [2.05, 4.69) is 0 Å². The van der Waals surface area contributed by atoms with Crippen molar-refractivity contribution in [3.63, 3.8) is 0 Å². The van der Waals surface area contributed by atoms with E-state index in [0.717, 1.165) is 16.9 Å². The van der Waals surface area contributed by atoms with Gasteiger partial charge in [0.1, 0.15) is 29.5 Å². The van der Waals surface area contributed by atoms with Crippen LogP contribution in [0.15, 0.2) is 47.7 Å². The molecule has 8 heteroatoms. The van der Waals surface area contributed by atoms with Gasteiger partial charge in [0.15, 0.2) is 0 Å². The quantitative estimate of drug-likeness (QED) is 0.607. The number of rotatable bonds is 5. The number of benzene rings is 1. The topological polar surface area (TPSA) is 81.9 Å². The molecule has 2 atom stereocenters. The maximum Gasteiger partial charge on any atom is 0.355 e. The van der Waals surface area contributed by atoms with Gasteiger partial charge in [-0.3, -0.25) is 9.69 Å². The Balaban J connectivity index is 0.00000243. The molecule has 0 aliphatic carbocycles. The number of β-lactam (4-membered cyclic amide) rings is 1. The second-order valence-corrected chi connectivity index (χ2v) is 6.84. The standard InChI is InChI=1S/C18H20N2O4S.ClH/c1-3-4-12-10-25-17-14(19)16(21)20(17)15(12)18(22)24-9-11-5-7-13(23-2)8-6-11;/h3-8,14,17H,9-10,19H2,1-2H3;1H/t14?,17-;/m1./s1. The highest BCUT2D eigenvalue weighted by atomic mass is 35.5. The fourth-order valence-corrected chi connectivity index (χ4v) is 4.06. The van der Waals surface area contributed by atoms with Crippen molar-refractivity contribution >= 4 is 36.0 Å². The Morgan fingerprint density at radius 3 is 2.69 bits per heavy atom. The molecule has 1 aromatic rings. The lowest BCUT2D eigenvalue weighted by Gasteiger charge is -2.48. The maximum atomic E-state index is 12.6. The summed E-state index contributed by atoms with van der Waals surface area (Å²) in [6, 6.07) is 6.72. The lowest BCUT2D eigenvalue weighted by Crippen LogP contribution is -2.68. The van der Waals surface area contributed by atoms with Crippen LogP contribution in [-0.2, 0) is 20.9 Å². The van der Waals surface area contributed by atoms with Crippen LogP contribution >= 0.6 is 24.2 Å². The van der Waals surface area contributed by atoms with Gasteiger partial charge in [-0.15, -0.1) is 24.2 Å². The predicted molar refractivity (Wildman–Crippen MR) is 103 cm³/mol. The molecule has 0 aromatic heterocycles. The molecule has 1 unspecified atom stereocenters. The molecule has 0 saturated carbocycles. The average Bonchev–Trinajstić information content (AvgIpc) is 2.65. The van der Waals surface area contributed by atoms with E-state index in [-0.39, 0.29) is 30.3 Å². The zero-order valence-electron chi connectivity index (χ0n) is 14.5. The van der Waals surface area contributed by atoms with Gasteiger partial charge in [-0.1, -0.05) is 24.3 Å². The number of fused-ring (bicyclic) bond motifs is 1. The van der Waals surface area contributed by atoms with Crippen LogP contribution in [0.3, 0.4) is 0 Å². The number of carbonyl (C=O) groups excluding carboxylic acids is 2. The summed E-state index contributed by atoms with van der Waals surface area (Å²) in [6.07, 6.45) is 3.68. The number of esters is 1. The van der Waals surface area contributed by atoms with Crippen LogP contribution in [0.1, 0.15) is 12.5 Å². The van der Waals surface area contributed by atoms with Gasteiger partial charge >= 0.3 is 5.97 Å². The van der Waals surface area contributed by atoms with Crippen molar-refractivity contribution in [3.8, 4) is 5.75 Å². The second-order valence-electron chi connectivity index (χ2n) is 5.73. The van der Waals surface area contributed by atoms with Crippen LogP contribution in [0, 0.1) is 0 Å². The summed E-state index contributed by atoms with van der Waals surface area (Å²) in [4.78, 5) is 26.2. The van der Waals surface area contributed by atoms with E-state index in [1.165, 1.54) is 4.90 Å². The molecule has 26 heavy (non-hydrogen) atoms. The SMILES string of the molecule is CC=CC1=C(C(=O)OCc2ccc(OC)cc2)N2C(=O)C(N)[C@H]2SC1.Cl. The Hall–Kier alpha value is -1.96. The molecule has 140 valence electrons. The van der Waals surface area contributed by atoms with Crippen molar-refractivity contribution in [3.05, 3.63) is 53.3 Å². The molecule has 2 aliphatic heterocycles. The smallest absolute Gasteiger partial charge is 0.355 e. The van der Waals surface area contributed by atoms with Crippen LogP contribution in [-0.4, -0.2) is 41.1 Å². The second kappa shape index (κ2) is 8.62. The van der Waals surface area contributed by atoms with Crippen LogP contribution in [0.5, 0.6) is 5.75 Å². The highest BCUT2D eigenvalue weighted by molar-refractivity contribution is 8.00. The molecule has 1 saturated heterocycles. The van der Waals surface area contributed by atoms with Crippen molar-refractivity contribution in [1.29, 1.82) is 0 Å². The largest absolute Gasteiger partial charge is 0.497 e. The minimum Gasteiger partial charge on any atom is -0.497 e. The van der Waals surface area contributed by atoms with Gasteiger partial charge in [-0.05, 0) is 30.2 Å². The Bertz CT molecular complexity index is 748. The lowest BCUT2D eigenvalue weighted by atomic mass is 10.0. The van der Waals surface area contributed by atoms with E-state index < -0.39 is 12.0 Å². The van der Waals surface area contributed by atoms with Crippen molar-refractivity contribution in [2.45, 2.75) is 24.9 Å². The van der Waals surface area contributed by atoms with Gasteiger partial charge in [0.25, 0.3) is 0 Å². The predicted octanol–water partition coefficient (Wildman–Crippen LogP) is 2.23. The molecular formula is C18H21ClN2O4S. The first-order valence-corrected chi connectivity index (χ1v) is 8.98. The summed E-state index contributed by atoms with van der Waals surface area (Å²) in [5.41, 5.74) is 7.77. The molecule has 0 radical (unpaired) electrons. The zero-order valence-corrected chi connectivity index (χ0v) is 16.1. The monoisotopic (exact) mass is 396 g/mol. The Morgan fingerprint density at radius 1 is 1.38 bits per heavy atom. The Labute approximate surface area is 162 Å². The summed E-state index contributed by atoms with van der Waals surface area (Å²) >= 11 is 1.56. The van der Waals surface area contributed by atoms with Gasteiger partial charge < -0.3 is 15.2 Å². The fraction of sp³-hybridized carbons (Fsp3) is 0.333. The average molecular weight is 397 g/mol. The minimum absolute atomic E-state index is 0. The van der Waals surface area contributed by atoms with E-state index in [1.807, 2.05) is 31.2 Å². The molecular weight excluding hydrogens is 376 g/mol. The van der Waals surface area contributed by atoms with Gasteiger partial charge in [0, 0.05) is 5.75 Å². The molecule has 6 nitrogen and oxygen atoms in total. The minimum atomic E-state index is -0.554. The van der Waals surface area contributed by atoms with Crippen LogP contribution in [0.25, 0.3) is 0 Å². The first-order valence-electron chi connectivity index (χ1n) is 7.93. The number of nitrogens with zero attached hydrogens (tertiary/aromatic N) is 1. The molecule has 2 heterocycles. The summed E-state index contributed by atoms with van der Waals surface area (Å²) < 4.78 is 10.5. The Morgan fingerprint density at radius 2 is 2.08 bits per heavy atom. The van der Waals surface area contributed by atoms with Gasteiger partial charge in [0.2, 0.25) is 5.91 Å². The number of ether oxygens (including phenoxy) is 2. The van der Waals surface area contributed by atoms with E-state index in [0.29, 0.717) is 11.4 Å². The molecule has 0 spiro atoms. The summed E-state index contributed by atoms with van der Waals surface area (Å²) in [5, 5.41) is -0.190. The van der Waals surface area contributed by atoms with E-state index >= 15 is 0 Å². The highest BCUT2D eigenvalue weighted by Crippen LogP contribution is 2.40. The molecule has 3 rings (SSSR count). The number of allylic oxidation sites excluding steroid dienone is 2. The van der Waals surface area contributed by atoms with Crippen molar-refractivity contribution in [1.82, 2.24) is 4.90 Å². The van der Waals surface area contributed by atoms with Gasteiger partial charge in [-0.2, -0.15) is 0 Å². The van der Waals surface area contributed by atoms with Crippen molar-refractivity contribution in [2.24, 2.45) is 5.73 Å². The third kappa shape index (κ3) is 3.75. The van der Waals surface area contributed by atoms with Crippen LogP contribution < -0.4 is 10.5 Å². The number of halogens is 1. The van der Waals surface area contributed by atoms with E-state index in [9.17, 15) is 9.59 Å². The van der Waals surface area contributed by atoms with E-state index in [4.69, 9.17) is 15.2 Å². The molecule has 2 N–H and O–H groups in total. The summed E-state index contributed by atoms with van der Waals surface area (Å²) in [7, 11) is 1.59. The third-order valence-corrected chi connectivity index (χ3v) is 5.45. The number of nitrogens with two attached hydrogens (primary N) is 1. The third-order valence-electron chi connectivity index (χ3n) is 4.13. The van der Waals surface area contributed by atoms with Crippen molar-refractivity contribution < 1.29 is 19.1 Å². The van der Waals surface area contributed by atoms with Crippen LogP contribution in [0.2, 0.25) is 0 Å². The number of carbonyl (C=O) groups is 2. The highest BCUT2D eigenvalue weighted by Gasteiger charge is 2.51. The molecule has 1 fully saturated rings. The van der Waals surface area contributed by atoms with Crippen LogP contribution in [0.4, 0.5) is 0 Å². The molecule has 1 aromatic carbocycles. The van der Waals surface area contributed by atoms with Gasteiger partial charge in [-0.25, -0.2) is 4.79 Å². The maximum absolute atomic E-state index is 12.6.